The third-order valence-electron chi connectivity index (χ3n) is 4.71. The van der Waals surface area contributed by atoms with Crippen LogP contribution < -0.4 is 5.46 Å². The fourth-order valence-corrected chi connectivity index (χ4v) is 2.80. The molecule has 1 aromatic heterocycles. The zero-order chi connectivity index (χ0) is 16.8. The van der Waals surface area contributed by atoms with Crippen LogP contribution in [0.5, 0.6) is 0 Å². The van der Waals surface area contributed by atoms with Gasteiger partial charge in [-0.05, 0) is 46.2 Å². The molecule has 0 atom stereocenters. The number of benzene rings is 1. The highest BCUT2D eigenvalue weighted by molar-refractivity contribution is 6.62. The lowest BCUT2D eigenvalue weighted by molar-refractivity contribution is 0.00578. The molecule has 3 rings (SSSR count). The number of aromatic nitrogens is 1. The van der Waals surface area contributed by atoms with Crippen molar-refractivity contribution in [1.29, 1.82) is 0 Å². The summed E-state index contributed by atoms with van der Waals surface area (Å²) in [5.41, 5.74) is 3.24. The van der Waals surface area contributed by atoms with E-state index >= 15 is 0 Å². The highest BCUT2D eigenvalue weighted by atomic mass is 35.5. The zero-order valence-electron chi connectivity index (χ0n) is 14.2. The molecule has 3 nitrogen and oxygen atoms in total. The molecule has 0 unspecified atom stereocenters. The van der Waals surface area contributed by atoms with Crippen LogP contribution in [-0.4, -0.2) is 23.3 Å². The van der Waals surface area contributed by atoms with Crippen molar-refractivity contribution < 1.29 is 9.31 Å². The summed E-state index contributed by atoms with van der Waals surface area (Å²) in [6, 6.07) is 10.2. The summed E-state index contributed by atoms with van der Waals surface area (Å²) in [6.45, 7) is 10.2. The molecule has 0 aliphatic carbocycles. The quantitative estimate of drug-likeness (QED) is 0.616. The smallest absolute Gasteiger partial charge is 0.399 e. The zero-order valence-corrected chi connectivity index (χ0v) is 14.9. The summed E-state index contributed by atoms with van der Waals surface area (Å²) >= 11 is 6.31. The van der Waals surface area contributed by atoms with E-state index in [4.69, 9.17) is 20.9 Å². The van der Waals surface area contributed by atoms with Crippen LogP contribution in [0.15, 0.2) is 36.5 Å². The summed E-state index contributed by atoms with van der Waals surface area (Å²) in [6.07, 6.45) is 1.73. The van der Waals surface area contributed by atoms with E-state index in [1.54, 1.807) is 6.20 Å². The van der Waals surface area contributed by atoms with Gasteiger partial charge in [0.2, 0.25) is 0 Å². The molecular formula is C18H21BClNO2. The van der Waals surface area contributed by atoms with Crippen LogP contribution in [0, 0.1) is 6.92 Å². The average molecular weight is 330 g/mol. The van der Waals surface area contributed by atoms with E-state index < -0.39 is 7.12 Å². The standard InChI is InChI=1S/C18H21BClNO2/c1-12-7-6-8-13(9-12)15-10-14(11-21-16(15)20)19-22-17(2,3)18(4,5)23-19/h6-11H,1-5H3. The van der Waals surface area contributed by atoms with Gasteiger partial charge >= 0.3 is 7.12 Å². The summed E-state index contributed by atoms with van der Waals surface area (Å²) in [5, 5.41) is 0.482. The van der Waals surface area contributed by atoms with Crippen LogP contribution >= 0.6 is 11.6 Å². The molecule has 0 amide bonds. The van der Waals surface area contributed by atoms with Gasteiger partial charge in [0.05, 0.1) is 11.2 Å². The van der Waals surface area contributed by atoms with Crippen molar-refractivity contribution in [2.75, 3.05) is 0 Å². The third kappa shape index (κ3) is 3.03. The monoisotopic (exact) mass is 329 g/mol. The molecule has 0 bridgehead atoms. The lowest BCUT2D eigenvalue weighted by Crippen LogP contribution is -2.41. The van der Waals surface area contributed by atoms with Crippen LogP contribution in [0.2, 0.25) is 5.15 Å². The molecule has 0 saturated carbocycles. The van der Waals surface area contributed by atoms with Crippen LogP contribution in [-0.2, 0) is 9.31 Å². The molecule has 1 saturated heterocycles. The molecular weight excluding hydrogens is 308 g/mol. The second kappa shape index (κ2) is 5.62. The molecule has 2 heterocycles. The van der Waals surface area contributed by atoms with Crippen molar-refractivity contribution in [2.24, 2.45) is 0 Å². The molecule has 0 radical (unpaired) electrons. The third-order valence-corrected chi connectivity index (χ3v) is 5.02. The van der Waals surface area contributed by atoms with Crippen molar-refractivity contribution >= 4 is 24.2 Å². The van der Waals surface area contributed by atoms with Gasteiger partial charge in [0.15, 0.2) is 0 Å². The second-order valence-corrected chi connectivity index (χ2v) is 7.42. The lowest BCUT2D eigenvalue weighted by atomic mass is 9.79. The first-order valence-electron chi connectivity index (χ1n) is 7.78. The average Bonchev–Trinajstić information content (AvgIpc) is 2.68. The van der Waals surface area contributed by atoms with Gasteiger partial charge in [-0.15, -0.1) is 0 Å². The SMILES string of the molecule is Cc1cccc(-c2cc(B3OC(C)(C)C(C)(C)O3)cnc2Cl)c1. The Morgan fingerprint density at radius 1 is 1.04 bits per heavy atom. The summed E-state index contributed by atoms with van der Waals surface area (Å²) in [4.78, 5) is 4.33. The van der Waals surface area contributed by atoms with Crippen molar-refractivity contribution in [2.45, 2.75) is 45.8 Å². The normalized spacial score (nSPS) is 19.1. The number of hydrogen-bond acceptors (Lipinski definition) is 3. The van der Waals surface area contributed by atoms with E-state index in [1.165, 1.54) is 5.56 Å². The molecule has 1 aliphatic heterocycles. The van der Waals surface area contributed by atoms with E-state index in [2.05, 4.69) is 24.0 Å². The first kappa shape index (κ1) is 16.5. The largest absolute Gasteiger partial charge is 0.496 e. The van der Waals surface area contributed by atoms with E-state index in [0.29, 0.717) is 5.15 Å². The number of rotatable bonds is 2. The molecule has 23 heavy (non-hydrogen) atoms. The van der Waals surface area contributed by atoms with Crippen LogP contribution in [0.4, 0.5) is 0 Å². The minimum atomic E-state index is -0.437. The van der Waals surface area contributed by atoms with Gasteiger partial charge in [-0.1, -0.05) is 41.4 Å². The molecule has 1 fully saturated rings. The molecule has 0 N–H and O–H groups in total. The van der Waals surface area contributed by atoms with Crippen molar-refractivity contribution in [1.82, 2.24) is 4.98 Å². The number of halogens is 1. The summed E-state index contributed by atoms with van der Waals surface area (Å²) in [7, 11) is -0.437. The number of aryl methyl sites for hydroxylation is 1. The van der Waals surface area contributed by atoms with Gasteiger partial charge in [0.25, 0.3) is 0 Å². The summed E-state index contributed by atoms with van der Waals surface area (Å²) in [5.74, 6) is 0. The molecule has 0 spiro atoms. The topological polar surface area (TPSA) is 31.4 Å². The Morgan fingerprint density at radius 3 is 2.30 bits per heavy atom. The van der Waals surface area contributed by atoms with Gasteiger partial charge in [0.1, 0.15) is 5.15 Å². The van der Waals surface area contributed by atoms with Crippen molar-refractivity contribution in [3.8, 4) is 11.1 Å². The molecule has 1 aromatic carbocycles. The number of hydrogen-bond donors (Lipinski definition) is 0. The molecule has 5 heteroatoms. The Labute approximate surface area is 143 Å². The first-order chi connectivity index (χ1) is 10.7. The van der Waals surface area contributed by atoms with E-state index in [0.717, 1.165) is 16.6 Å². The van der Waals surface area contributed by atoms with Gasteiger partial charge in [-0.3, -0.25) is 0 Å². The Kier molecular flexibility index (Phi) is 4.03. The first-order valence-corrected chi connectivity index (χ1v) is 8.15. The van der Waals surface area contributed by atoms with Crippen molar-refractivity contribution in [3.05, 3.63) is 47.2 Å². The highest BCUT2D eigenvalue weighted by Crippen LogP contribution is 2.37. The van der Waals surface area contributed by atoms with Crippen LogP contribution in [0.1, 0.15) is 33.3 Å². The fourth-order valence-electron chi connectivity index (χ4n) is 2.59. The van der Waals surface area contributed by atoms with Crippen molar-refractivity contribution in [3.63, 3.8) is 0 Å². The second-order valence-electron chi connectivity index (χ2n) is 7.06. The summed E-state index contributed by atoms with van der Waals surface area (Å²) < 4.78 is 12.2. The molecule has 1 aliphatic rings. The predicted molar refractivity (Wildman–Crippen MR) is 95.1 cm³/mol. The maximum Gasteiger partial charge on any atom is 0.496 e. The Morgan fingerprint density at radius 2 is 1.70 bits per heavy atom. The van der Waals surface area contributed by atoms with E-state index in [1.807, 2.05) is 45.9 Å². The van der Waals surface area contributed by atoms with Gasteiger partial charge in [0, 0.05) is 17.2 Å². The van der Waals surface area contributed by atoms with Crippen LogP contribution in [0.3, 0.4) is 0 Å². The van der Waals surface area contributed by atoms with Gasteiger partial charge in [-0.2, -0.15) is 0 Å². The Balaban J connectivity index is 1.99. The number of pyridine rings is 1. The number of nitrogens with zero attached hydrogens (tertiary/aromatic N) is 1. The minimum absolute atomic E-state index is 0.374. The predicted octanol–water partition coefficient (Wildman–Crippen LogP) is 4.01. The van der Waals surface area contributed by atoms with Gasteiger partial charge in [-0.25, -0.2) is 4.98 Å². The highest BCUT2D eigenvalue weighted by Gasteiger charge is 2.51. The molecule has 2 aromatic rings. The van der Waals surface area contributed by atoms with E-state index in [-0.39, 0.29) is 11.2 Å². The van der Waals surface area contributed by atoms with Crippen LogP contribution in [0.25, 0.3) is 11.1 Å². The minimum Gasteiger partial charge on any atom is -0.399 e. The maximum absolute atomic E-state index is 6.31. The Hall–Kier alpha value is -1.36. The van der Waals surface area contributed by atoms with E-state index in [9.17, 15) is 0 Å². The van der Waals surface area contributed by atoms with Gasteiger partial charge < -0.3 is 9.31 Å². The Bertz CT molecular complexity index is 730. The molecule has 120 valence electrons. The maximum atomic E-state index is 6.31. The lowest BCUT2D eigenvalue weighted by Gasteiger charge is -2.32. The fraction of sp³-hybridized carbons (Fsp3) is 0.389.